The number of hydrogen-bond donors (Lipinski definition) is 1. The van der Waals surface area contributed by atoms with Crippen molar-refractivity contribution >= 4 is 25.7 Å². The van der Waals surface area contributed by atoms with Crippen molar-refractivity contribution in [3.63, 3.8) is 0 Å². The fraction of sp³-hybridized carbons (Fsp3) is 0.235. The van der Waals surface area contributed by atoms with Crippen LogP contribution in [0, 0.1) is 5.82 Å². The van der Waals surface area contributed by atoms with Gasteiger partial charge in [0.15, 0.2) is 15.6 Å². The summed E-state index contributed by atoms with van der Waals surface area (Å²) in [4.78, 5) is -0.125. The highest BCUT2D eigenvalue weighted by Crippen LogP contribution is 2.31. The Labute approximate surface area is 161 Å². The zero-order chi connectivity index (χ0) is 19.9. The van der Waals surface area contributed by atoms with Gasteiger partial charge in [-0.2, -0.15) is 5.10 Å². The van der Waals surface area contributed by atoms with E-state index in [2.05, 4.69) is 9.82 Å². The van der Waals surface area contributed by atoms with E-state index in [0.717, 1.165) is 24.3 Å². The Morgan fingerprint density at radius 2 is 1.96 bits per heavy atom. The molecule has 0 aliphatic carbocycles. The summed E-state index contributed by atoms with van der Waals surface area (Å²) in [6.45, 7) is 0. The van der Waals surface area contributed by atoms with Gasteiger partial charge in [0.2, 0.25) is 0 Å². The van der Waals surface area contributed by atoms with Crippen molar-refractivity contribution < 1.29 is 25.6 Å². The number of sulfonamides is 1. The number of halogens is 1. The lowest BCUT2D eigenvalue weighted by Gasteiger charge is -2.14. The van der Waals surface area contributed by atoms with Crippen molar-refractivity contribution in [2.45, 2.75) is 17.4 Å². The highest BCUT2D eigenvalue weighted by Gasteiger charge is 2.32. The summed E-state index contributed by atoms with van der Waals surface area (Å²) in [5, 5.41) is 4.36. The van der Waals surface area contributed by atoms with Crippen LogP contribution in [0.4, 0.5) is 10.2 Å². The van der Waals surface area contributed by atoms with Crippen LogP contribution in [0.5, 0.6) is 0 Å². The third-order valence-electron chi connectivity index (χ3n) is 4.43. The minimum atomic E-state index is -4.02. The molecule has 0 amide bonds. The molecule has 1 aromatic carbocycles. The van der Waals surface area contributed by atoms with Crippen LogP contribution in [-0.2, 0) is 19.9 Å². The molecule has 1 fully saturated rings. The highest BCUT2D eigenvalue weighted by atomic mass is 32.2. The summed E-state index contributed by atoms with van der Waals surface area (Å²) in [6.07, 6.45) is 1.78. The molecular formula is C17H16FN3O5S2. The van der Waals surface area contributed by atoms with Gasteiger partial charge in [-0.3, -0.25) is 4.72 Å². The Kier molecular flexibility index (Phi) is 4.50. The molecule has 0 bridgehead atoms. The number of hydrogen-bond acceptors (Lipinski definition) is 6. The molecule has 3 aromatic rings. The second-order valence-electron chi connectivity index (χ2n) is 6.45. The molecule has 0 radical (unpaired) electrons. The van der Waals surface area contributed by atoms with E-state index in [1.165, 1.54) is 17.0 Å². The van der Waals surface area contributed by atoms with Crippen LogP contribution >= 0.6 is 0 Å². The maximum absolute atomic E-state index is 13.1. The van der Waals surface area contributed by atoms with Crippen LogP contribution in [0.15, 0.2) is 58.0 Å². The van der Waals surface area contributed by atoms with E-state index in [4.69, 9.17) is 4.42 Å². The molecule has 11 heteroatoms. The van der Waals surface area contributed by atoms with Gasteiger partial charge in [-0.25, -0.2) is 25.9 Å². The van der Waals surface area contributed by atoms with E-state index in [-0.39, 0.29) is 22.2 Å². The molecule has 1 saturated heterocycles. The van der Waals surface area contributed by atoms with Gasteiger partial charge in [-0.05, 0) is 42.8 Å². The lowest BCUT2D eigenvalue weighted by molar-refractivity contribution is 0.504. The summed E-state index contributed by atoms with van der Waals surface area (Å²) >= 11 is 0. The predicted octanol–water partition coefficient (Wildman–Crippen LogP) is 2.44. The van der Waals surface area contributed by atoms with Crippen molar-refractivity contribution in [1.29, 1.82) is 0 Å². The van der Waals surface area contributed by atoms with Gasteiger partial charge in [-0.15, -0.1) is 0 Å². The van der Waals surface area contributed by atoms with Gasteiger partial charge in [-0.1, -0.05) is 0 Å². The van der Waals surface area contributed by atoms with Crippen LogP contribution in [0.25, 0.3) is 11.5 Å². The highest BCUT2D eigenvalue weighted by molar-refractivity contribution is 7.92. The molecule has 1 atom stereocenters. The fourth-order valence-corrected chi connectivity index (χ4v) is 5.80. The molecular weight excluding hydrogens is 409 g/mol. The SMILES string of the molecule is O=S1(=O)CC[C@H](n2nc(-c3ccco3)cc2NS(=O)(=O)c2ccc(F)cc2)C1. The van der Waals surface area contributed by atoms with Crippen LogP contribution < -0.4 is 4.72 Å². The van der Waals surface area contributed by atoms with Crippen molar-refractivity contribution in [3.8, 4) is 11.5 Å². The molecule has 4 rings (SSSR count). The molecule has 1 N–H and O–H groups in total. The normalized spacial score (nSPS) is 19.0. The van der Waals surface area contributed by atoms with Crippen LogP contribution in [-0.4, -0.2) is 38.1 Å². The molecule has 148 valence electrons. The Balaban J connectivity index is 1.73. The van der Waals surface area contributed by atoms with E-state index in [0.29, 0.717) is 17.9 Å². The first-order valence-electron chi connectivity index (χ1n) is 8.36. The molecule has 8 nitrogen and oxygen atoms in total. The molecule has 1 aliphatic rings. The molecule has 3 heterocycles. The van der Waals surface area contributed by atoms with Crippen LogP contribution in [0.1, 0.15) is 12.5 Å². The number of anilines is 1. The number of sulfone groups is 1. The molecule has 2 aromatic heterocycles. The Morgan fingerprint density at radius 1 is 1.21 bits per heavy atom. The zero-order valence-corrected chi connectivity index (χ0v) is 16.1. The van der Waals surface area contributed by atoms with Crippen LogP contribution in [0.2, 0.25) is 0 Å². The summed E-state index contributed by atoms with van der Waals surface area (Å²) in [5.74, 6) is -0.144. The Bertz CT molecular complexity index is 1200. The maximum Gasteiger partial charge on any atom is 0.263 e. The molecule has 28 heavy (non-hydrogen) atoms. The number of benzene rings is 1. The number of rotatable bonds is 5. The van der Waals surface area contributed by atoms with Gasteiger partial charge < -0.3 is 4.42 Å². The standard InChI is InChI=1S/C17H16FN3O5S2/c18-12-3-5-14(6-4-12)28(24,25)20-17-10-15(16-2-1-8-26-16)19-21(17)13-7-9-27(22,23)11-13/h1-6,8,10,13,20H,7,9,11H2/t13-/m0/s1. The van der Waals surface area contributed by atoms with Crippen molar-refractivity contribution in [2.75, 3.05) is 16.2 Å². The third-order valence-corrected chi connectivity index (χ3v) is 7.55. The molecule has 1 aliphatic heterocycles. The Morgan fingerprint density at radius 3 is 2.57 bits per heavy atom. The molecule has 0 saturated carbocycles. The van der Waals surface area contributed by atoms with Gasteiger partial charge in [0.05, 0.1) is 28.7 Å². The number of nitrogens with one attached hydrogen (secondary N) is 1. The number of aromatic nitrogens is 2. The first-order valence-corrected chi connectivity index (χ1v) is 11.7. The minimum absolute atomic E-state index is 0.0117. The van der Waals surface area contributed by atoms with Gasteiger partial charge >= 0.3 is 0 Å². The predicted molar refractivity (Wildman–Crippen MR) is 99.4 cm³/mol. The summed E-state index contributed by atoms with van der Waals surface area (Å²) in [5.41, 5.74) is 0.367. The minimum Gasteiger partial charge on any atom is -0.463 e. The first-order chi connectivity index (χ1) is 13.2. The number of furan rings is 1. The monoisotopic (exact) mass is 425 g/mol. The summed E-state index contributed by atoms with van der Waals surface area (Å²) < 4.78 is 71.3. The summed E-state index contributed by atoms with van der Waals surface area (Å²) in [7, 11) is -7.23. The topological polar surface area (TPSA) is 111 Å². The van der Waals surface area contributed by atoms with E-state index in [1.54, 1.807) is 12.1 Å². The van der Waals surface area contributed by atoms with Gasteiger partial charge in [0.25, 0.3) is 10.0 Å². The van der Waals surface area contributed by atoms with Crippen molar-refractivity contribution in [3.05, 3.63) is 54.5 Å². The second kappa shape index (κ2) is 6.74. The van der Waals surface area contributed by atoms with E-state index in [1.807, 2.05) is 0 Å². The average molecular weight is 425 g/mol. The average Bonchev–Trinajstić information content (AvgIpc) is 3.34. The summed E-state index contributed by atoms with van der Waals surface area (Å²) in [6, 6.07) is 8.68. The Hall–Kier alpha value is -2.66. The van der Waals surface area contributed by atoms with E-state index in [9.17, 15) is 21.2 Å². The molecule has 0 unspecified atom stereocenters. The largest absolute Gasteiger partial charge is 0.463 e. The quantitative estimate of drug-likeness (QED) is 0.672. The van der Waals surface area contributed by atoms with Crippen molar-refractivity contribution in [2.24, 2.45) is 0 Å². The molecule has 0 spiro atoms. The lowest BCUT2D eigenvalue weighted by Crippen LogP contribution is -2.20. The fourth-order valence-electron chi connectivity index (χ4n) is 3.07. The second-order valence-corrected chi connectivity index (χ2v) is 10.4. The first kappa shape index (κ1) is 18.7. The zero-order valence-electron chi connectivity index (χ0n) is 14.4. The smallest absolute Gasteiger partial charge is 0.263 e. The van der Waals surface area contributed by atoms with E-state index < -0.39 is 31.7 Å². The van der Waals surface area contributed by atoms with E-state index >= 15 is 0 Å². The van der Waals surface area contributed by atoms with Crippen molar-refractivity contribution in [1.82, 2.24) is 9.78 Å². The lowest BCUT2D eigenvalue weighted by atomic mass is 10.3. The maximum atomic E-state index is 13.1. The van der Waals surface area contributed by atoms with Gasteiger partial charge in [0.1, 0.15) is 17.3 Å². The third kappa shape index (κ3) is 3.67. The van der Waals surface area contributed by atoms with Gasteiger partial charge in [0, 0.05) is 6.07 Å². The van der Waals surface area contributed by atoms with Crippen LogP contribution in [0.3, 0.4) is 0 Å². The number of nitrogens with zero attached hydrogens (tertiary/aromatic N) is 2.